The molecule has 180 valence electrons. The molecule has 1 heterocycles. The minimum Gasteiger partial charge on any atom is -0.496 e. The van der Waals surface area contributed by atoms with E-state index >= 15 is 0 Å². The molecule has 0 saturated heterocycles. The molecule has 0 fully saturated rings. The summed E-state index contributed by atoms with van der Waals surface area (Å²) < 4.78 is 63.2. The number of aromatic nitrogens is 2. The van der Waals surface area contributed by atoms with Crippen molar-refractivity contribution in [1.82, 2.24) is 9.55 Å². The van der Waals surface area contributed by atoms with E-state index in [1.54, 1.807) is 31.2 Å². The third-order valence-electron chi connectivity index (χ3n) is 5.37. The molecule has 0 spiro atoms. The Morgan fingerprint density at radius 3 is 2.48 bits per heavy atom. The summed E-state index contributed by atoms with van der Waals surface area (Å²) in [4.78, 5) is 4.29. The standard InChI is InChI=1S/C25H30F4N2O2/c1-7-8-9-10-17(2)22-30-18(3)14-31(22)16-24(32,25(27,28)29)15-23(4,5)20-13-19(26)11-12-21(20)33-6/h7-14,32H,2,15-16H2,1,3-6H3/b8-7-,10-9-. The average molecular weight is 467 g/mol. The lowest BCUT2D eigenvalue weighted by atomic mass is 9.74. The zero-order chi connectivity index (χ0) is 25.0. The van der Waals surface area contributed by atoms with Crippen LogP contribution in [0.2, 0.25) is 0 Å². The van der Waals surface area contributed by atoms with Crippen molar-refractivity contribution >= 4 is 5.57 Å². The van der Waals surface area contributed by atoms with Crippen LogP contribution in [0.5, 0.6) is 5.75 Å². The molecule has 0 amide bonds. The Balaban J connectivity index is 2.50. The number of aryl methyl sites for hydroxylation is 1. The third-order valence-corrected chi connectivity index (χ3v) is 5.37. The molecule has 0 aliphatic rings. The fraction of sp³-hybridized carbons (Fsp3) is 0.400. The fourth-order valence-electron chi connectivity index (χ4n) is 3.84. The molecule has 0 aliphatic heterocycles. The van der Waals surface area contributed by atoms with Gasteiger partial charge in [0.1, 0.15) is 17.4 Å². The van der Waals surface area contributed by atoms with Gasteiger partial charge in [0.2, 0.25) is 0 Å². The highest BCUT2D eigenvalue weighted by Gasteiger charge is 2.56. The summed E-state index contributed by atoms with van der Waals surface area (Å²) in [5, 5.41) is 11.0. The summed E-state index contributed by atoms with van der Waals surface area (Å²) in [7, 11) is 1.36. The van der Waals surface area contributed by atoms with Crippen LogP contribution in [-0.2, 0) is 12.0 Å². The van der Waals surface area contributed by atoms with Crippen molar-refractivity contribution in [3.63, 3.8) is 0 Å². The average Bonchev–Trinajstić information content (AvgIpc) is 3.06. The lowest BCUT2D eigenvalue weighted by molar-refractivity contribution is -0.271. The molecule has 1 aromatic carbocycles. The smallest absolute Gasteiger partial charge is 0.418 e. The number of alkyl halides is 3. The van der Waals surface area contributed by atoms with E-state index in [-0.39, 0.29) is 17.1 Å². The van der Waals surface area contributed by atoms with E-state index in [1.165, 1.54) is 43.9 Å². The predicted molar refractivity (Wildman–Crippen MR) is 122 cm³/mol. The van der Waals surface area contributed by atoms with E-state index in [1.807, 2.05) is 6.92 Å². The highest BCUT2D eigenvalue weighted by Crippen LogP contribution is 2.44. The summed E-state index contributed by atoms with van der Waals surface area (Å²) in [6.45, 7) is 9.60. The van der Waals surface area contributed by atoms with Gasteiger partial charge in [-0.2, -0.15) is 13.2 Å². The van der Waals surface area contributed by atoms with Crippen LogP contribution in [0.1, 0.15) is 44.3 Å². The quantitative estimate of drug-likeness (QED) is 0.356. The Kier molecular flexibility index (Phi) is 7.96. The molecule has 33 heavy (non-hydrogen) atoms. The van der Waals surface area contributed by atoms with Gasteiger partial charge in [-0.25, -0.2) is 9.37 Å². The second kappa shape index (κ2) is 9.95. The SMILES string of the molecule is C=C(/C=C\C=C/C)c1nc(C)cn1CC(O)(CC(C)(C)c1cc(F)ccc1OC)C(F)(F)F. The molecule has 4 nitrogen and oxygen atoms in total. The molecule has 0 saturated carbocycles. The Hall–Kier alpha value is -2.87. The normalized spacial score (nSPS) is 14.7. The molecule has 8 heteroatoms. The van der Waals surface area contributed by atoms with Gasteiger partial charge < -0.3 is 14.4 Å². The van der Waals surface area contributed by atoms with Gasteiger partial charge in [-0.1, -0.05) is 44.7 Å². The van der Waals surface area contributed by atoms with E-state index in [0.717, 1.165) is 6.07 Å². The molecular formula is C25H30F4N2O2. The van der Waals surface area contributed by atoms with Crippen LogP contribution in [0.3, 0.4) is 0 Å². The first-order chi connectivity index (χ1) is 15.2. The maximum Gasteiger partial charge on any atom is 0.418 e. The monoisotopic (exact) mass is 466 g/mol. The Bertz CT molecular complexity index is 1050. The molecule has 1 unspecified atom stereocenters. The molecule has 1 aromatic heterocycles. The van der Waals surface area contributed by atoms with Crippen LogP contribution >= 0.6 is 0 Å². The van der Waals surface area contributed by atoms with Crippen molar-refractivity contribution in [2.24, 2.45) is 0 Å². The first-order valence-corrected chi connectivity index (χ1v) is 10.4. The van der Waals surface area contributed by atoms with Gasteiger partial charge in [0.15, 0.2) is 5.60 Å². The third kappa shape index (κ3) is 6.13. The van der Waals surface area contributed by atoms with Gasteiger partial charge in [0.25, 0.3) is 0 Å². The maximum absolute atomic E-state index is 14.3. The van der Waals surface area contributed by atoms with Gasteiger partial charge in [-0.05, 0) is 43.9 Å². The summed E-state index contributed by atoms with van der Waals surface area (Å²) >= 11 is 0. The molecule has 0 aliphatic carbocycles. The molecule has 1 N–H and O–H groups in total. The fourth-order valence-corrected chi connectivity index (χ4v) is 3.84. The van der Waals surface area contributed by atoms with Gasteiger partial charge in [0.05, 0.1) is 19.3 Å². The first-order valence-electron chi connectivity index (χ1n) is 10.4. The van der Waals surface area contributed by atoms with Gasteiger partial charge in [-0.3, -0.25) is 0 Å². The number of ether oxygens (including phenoxy) is 1. The number of aliphatic hydroxyl groups is 1. The molecule has 0 radical (unpaired) electrons. The Morgan fingerprint density at radius 2 is 1.91 bits per heavy atom. The van der Waals surface area contributed by atoms with Crippen molar-refractivity contribution in [3.05, 3.63) is 78.2 Å². The van der Waals surface area contributed by atoms with Gasteiger partial charge >= 0.3 is 6.18 Å². The van der Waals surface area contributed by atoms with Crippen molar-refractivity contribution in [1.29, 1.82) is 0 Å². The highest BCUT2D eigenvalue weighted by atomic mass is 19.4. The molecule has 1 atom stereocenters. The maximum atomic E-state index is 14.3. The second-order valence-electron chi connectivity index (χ2n) is 8.68. The number of hydrogen-bond donors (Lipinski definition) is 1. The number of halogens is 4. The number of hydrogen-bond acceptors (Lipinski definition) is 3. The molecule has 2 rings (SSSR count). The van der Waals surface area contributed by atoms with Crippen molar-refractivity contribution in [3.8, 4) is 5.75 Å². The van der Waals surface area contributed by atoms with Crippen LogP contribution < -0.4 is 4.74 Å². The largest absolute Gasteiger partial charge is 0.496 e. The lowest BCUT2D eigenvalue weighted by Gasteiger charge is -2.38. The molecular weight excluding hydrogens is 436 g/mol. The summed E-state index contributed by atoms with van der Waals surface area (Å²) in [6, 6.07) is 3.66. The van der Waals surface area contributed by atoms with Crippen LogP contribution in [0.25, 0.3) is 5.57 Å². The zero-order valence-electron chi connectivity index (χ0n) is 19.5. The number of allylic oxidation sites excluding steroid dienone is 5. The summed E-state index contributed by atoms with van der Waals surface area (Å²) in [5.74, 6) is -0.143. The van der Waals surface area contributed by atoms with Gasteiger partial charge in [-0.15, -0.1) is 0 Å². The first kappa shape index (κ1) is 26.4. The minimum atomic E-state index is -4.97. The number of methoxy groups -OCH3 is 1. The highest BCUT2D eigenvalue weighted by molar-refractivity contribution is 5.68. The Labute approximate surface area is 191 Å². The van der Waals surface area contributed by atoms with Crippen LogP contribution in [-0.4, -0.2) is 33.5 Å². The van der Waals surface area contributed by atoms with Crippen molar-refractivity contribution in [2.75, 3.05) is 7.11 Å². The van der Waals surface area contributed by atoms with E-state index in [4.69, 9.17) is 4.74 Å². The number of rotatable bonds is 9. The van der Waals surface area contributed by atoms with Crippen molar-refractivity contribution < 1.29 is 27.4 Å². The minimum absolute atomic E-state index is 0.220. The summed E-state index contributed by atoms with van der Waals surface area (Å²) in [5.41, 5.74) is -3.30. The second-order valence-corrected chi connectivity index (χ2v) is 8.68. The van der Waals surface area contributed by atoms with Crippen LogP contribution in [0.15, 0.2) is 55.3 Å². The zero-order valence-corrected chi connectivity index (χ0v) is 19.5. The number of nitrogens with zero attached hydrogens (tertiary/aromatic N) is 2. The van der Waals surface area contributed by atoms with Crippen LogP contribution in [0.4, 0.5) is 17.6 Å². The van der Waals surface area contributed by atoms with E-state index in [2.05, 4.69) is 11.6 Å². The topological polar surface area (TPSA) is 47.3 Å². The molecule has 2 aromatic rings. The lowest BCUT2D eigenvalue weighted by Crippen LogP contribution is -2.52. The van der Waals surface area contributed by atoms with Crippen molar-refractivity contribution in [2.45, 2.75) is 57.9 Å². The van der Waals surface area contributed by atoms with Gasteiger partial charge in [0, 0.05) is 17.3 Å². The van der Waals surface area contributed by atoms with E-state index in [9.17, 15) is 22.7 Å². The number of benzene rings is 1. The molecule has 0 bridgehead atoms. The number of imidazole rings is 1. The van der Waals surface area contributed by atoms with E-state index < -0.39 is 36.0 Å². The summed E-state index contributed by atoms with van der Waals surface area (Å²) in [6.07, 6.45) is 2.62. The predicted octanol–water partition coefficient (Wildman–Crippen LogP) is 6.15. The Morgan fingerprint density at radius 1 is 1.24 bits per heavy atom. The van der Waals surface area contributed by atoms with E-state index in [0.29, 0.717) is 11.3 Å². The van der Waals surface area contributed by atoms with Crippen LogP contribution in [0, 0.1) is 12.7 Å².